The van der Waals surface area contributed by atoms with Gasteiger partial charge in [0, 0.05) is 43.6 Å². The number of rotatable bonds is 6. The number of hydrogen-bond acceptors (Lipinski definition) is 7. The molecule has 3 aromatic rings. The van der Waals surface area contributed by atoms with Gasteiger partial charge in [-0.05, 0) is 42.5 Å². The van der Waals surface area contributed by atoms with Gasteiger partial charge in [0.2, 0.25) is 5.95 Å². The van der Waals surface area contributed by atoms with Gasteiger partial charge in [-0.25, -0.2) is 9.07 Å². The molecule has 4 heterocycles. The van der Waals surface area contributed by atoms with Gasteiger partial charge in [0.15, 0.2) is 0 Å². The van der Waals surface area contributed by atoms with E-state index in [2.05, 4.69) is 48.4 Å². The van der Waals surface area contributed by atoms with Crippen molar-refractivity contribution >= 4 is 17.3 Å². The van der Waals surface area contributed by atoms with Crippen molar-refractivity contribution in [2.45, 2.75) is 24.8 Å². The molecular weight excluding hydrogens is 409 g/mol. The predicted octanol–water partition coefficient (Wildman–Crippen LogP) is 2.94. The van der Waals surface area contributed by atoms with Gasteiger partial charge in [-0.3, -0.25) is 9.88 Å². The summed E-state index contributed by atoms with van der Waals surface area (Å²) in [5.74, 6) is 0.718. The highest BCUT2D eigenvalue weighted by atomic mass is 19.1. The number of aromatic nitrogens is 4. The lowest BCUT2D eigenvalue weighted by Gasteiger charge is -2.43. The molecule has 1 saturated carbocycles. The Hall–Kier alpha value is -3.04. The molecule has 0 atom stereocenters. The number of halogens is 1. The van der Waals surface area contributed by atoms with E-state index in [9.17, 15) is 4.39 Å². The lowest BCUT2D eigenvalue weighted by Crippen LogP contribution is -2.56. The Bertz CT molecular complexity index is 1100. The van der Waals surface area contributed by atoms with Crippen LogP contribution in [0.3, 0.4) is 0 Å². The van der Waals surface area contributed by atoms with Crippen molar-refractivity contribution in [1.82, 2.24) is 24.6 Å². The molecule has 6 rings (SSSR count). The quantitative estimate of drug-likeness (QED) is 0.638. The van der Waals surface area contributed by atoms with Crippen LogP contribution in [0, 0.1) is 5.82 Å². The van der Waals surface area contributed by atoms with Gasteiger partial charge < -0.3 is 15.0 Å². The van der Waals surface area contributed by atoms with E-state index < -0.39 is 5.82 Å². The summed E-state index contributed by atoms with van der Waals surface area (Å²) in [5, 5.41) is 7.80. The molecule has 32 heavy (non-hydrogen) atoms. The van der Waals surface area contributed by atoms with E-state index in [4.69, 9.17) is 4.74 Å². The maximum atomic E-state index is 13.5. The van der Waals surface area contributed by atoms with E-state index in [1.165, 1.54) is 41.0 Å². The van der Waals surface area contributed by atoms with Crippen molar-refractivity contribution in [2.24, 2.45) is 0 Å². The molecule has 0 amide bonds. The number of anilines is 3. The topological polar surface area (TPSA) is 71.3 Å². The first-order valence-corrected chi connectivity index (χ1v) is 11.2. The Balaban J connectivity index is 1.20. The summed E-state index contributed by atoms with van der Waals surface area (Å²) in [4.78, 5) is 13.2. The van der Waals surface area contributed by atoms with Crippen LogP contribution in [0.1, 0.15) is 24.3 Å². The predicted molar refractivity (Wildman–Crippen MR) is 119 cm³/mol. The standard InChI is InChI=1S/C23H26FN7O/c24-18-9-21(12-25-11-18)31-15-26-23(28-31)27-19-7-17(16-1-2-16)8-20(10-19)29-3-5-30(6-4-29)22-13-32-14-22/h7-12,15-16,22H,1-6,13-14H2,(H,27,28). The van der Waals surface area contributed by atoms with E-state index in [-0.39, 0.29) is 0 Å². The third kappa shape index (κ3) is 4.05. The molecule has 8 nitrogen and oxygen atoms in total. The minimum atomic E-state index is -0.404. The van der Waals surface area contributed by atoms with E-state index in [0.717, 1.165) is 45.1 Å². The molecule has 1 aromatic carbocycles. The molecule has 2 aromatic heterocycles. The van der Waals surface area contributed by atoms with Gasteiger partial charge in [0.1, 0.15) is 12.1 Å². The minimum Gasteiger partial charge on any atom is -0.378 e. The lowest BCUT2D eigenvalue weighted by molar-refractivity contribution is -0.0660. The molecule has 166 valence electrons. The second-order valence-electron chi connectivity index (χ2n) is 8.80. The number of pyridine rings is 1. The van der Waals surface area contributed by atoms with Crippen LogP contribution < -0.4 is 10.2 Å². The summed E-state index contributed by atoms with van der Waals surface area (Å²) in [6, 6.07) is 8.70. The van der Waals surface area contributed by atoms with Crippen LogP contribution in [0.5, 0.6) is 0 Å². The number of hydrogen-bond donors (Lipinski definition) is 1. The van der Waals surface area contributed by atoms with Gasteiger partial charge in [-0.1, -0.05) is 0 Å². The Morgan fingerprint density at radius 3 is 2.53 bits per heavy atom. The number of benzene rings is 1. The fourth-order valence-electron chi connectivity index (χ4n) is 4.42. The van der Waals surface area contributed by atoms with Gasteiger partial charge in [-0.15, -0.1) is 5.10 Å². The minimum absolute atomic E-state index is 0.404. The molecule has 0 radical (unpaired) electrons. The van der Waals surface area contributed by atoms with Crippen molar-refractivity contribution in [3.63, 3.8) is 0 Å². The van der Waals surface area contributed by atoms with Crippen molar-refractivity contribution in [3.05, 3.63) is 54.4 Å². The summed E-state index contributed by atoms with van der Waals surface area (Å²) in [5.41, 5.74) is 4.13. The van der Waals surface area contributed by atoms with Crippen LogP contribution >= 0.6 is 0 Å². The van der Waals surface area contributed by atoms with Crippen LogP contribution in [0.2, 0.25) is 0 Å². The highest BCUT2D eigenvalue weighted by molar-refractivity contribution is 5.65. The van der Waals surface area contributed by atoms with Crippen LogP contribution in [-0.4, -0.2) is 70.1 Å². The lowest BCUT2D eigenvalue weighted by atomic mass is 10.1. The first-order valence-electron chi connectivity index (χ1n) is 11.2. The molecule has 0 bridgehead atoms. The van der Waals surface area contributed by atoms with Crippen LogP contribution in [-0.2, 0) is 4.74 Å². The molecular formula is C23H26FN7O. The summed E-state index contributed by atoms with van der Waals surface area (Å²) in [7, 11) is 0. The number of nitrogens with one attached hydrogen (secondary N) is 1. The zero-order chi connectivity index (χ0) is 21.5. The van der Waals surface area contributed by atoms with Crippen LogP contribution in [0.4, 0.5) is 21.7 Å². The first kappa shape index (κ1) is 19.6. The highest BCUT2D eigenvalue weighted by Gasteiger charge is 2.30. The second-order valence-corrected chi connectivity index (χ2v) is 8.80. The van der Waals surface area contributed by atoms with Gasteiger partial charge in [0.05, 0.1) is 37.3 Å². The zero-order valence-electron chi connectivity index (χ0n) is 17.8. The van der Waals surface area contributed by atoms with Gasteiger partial charge in [0.25, 0.3) is 0 Å². The maximum absolute atomic E-state index is 13.5. The summed E-state index contributed by atoms with van der Waals surface area (Å²) < 4.78 is 20.4. The fourth-order valence-corrected chi connectivity index (χ4v) is 4.42. The smallest absolute Gasteiger partial charge is 0.246 e. The summed E-state index contributed by atoms with van der Waals surface area (Å²) in [6.07, 6.45) is 6.79. The Kier molecular flexibility index (Phi) is 4.99. The maximum Gasteiger partial charge on any atom is 0.246 e. The third-order valence-electron chi connectivity index (χ3n) is 6.51. The molecule has 1 aliphatic carbocycles. The Labute approximate surface area is 186 Å². The monoisotopic (exact) mass is 435 g/mol. The van der Waals surface area contributed by atoms with Crippen LogP contribution in [0.25, 0.3) is 5.69 Å². The molecule has 2 saturated heterocycles. The molecule has 0 spiro atoms. The molecule has 9 heteroatoms. The normalized spacial score (nSPS) is 19.7. The second kappa shape index (κ2) is 8.14. The molecule has 3 aliphatic rings. The third-order valence-corrected chi connectivity index (χ3v) is 6.51. The van der Waals surface area contributed by atoms with E-state index in [0.29, 0.717) is 23.6 Å². The van der Waals surface area contributed by atoms with E-state index in [1.807, 2.05) is 0 Å². The van der Waals surface area contributed by atoms with Gasteiger partial charge >= 0.3 is 0 Å². The summed E-state index contributed by atoms with van der Waals surface area (Å²) >= 11 is 0. The highest BCUT2D eigenvalue weighted by Crippen LogP contribution is 2.42. The van der Waals surface area contributed by atoms with Crippen molar-refractivity contribution in [1.29, 1.82) is 0 Å². The van der Waals surface area contributed by atoms with Crippen molar-refractivity contribution in [3.8, 4) is 5.69 Å². The molecule has 2 aliphatic heterocycles. The first-order chi connectivity index (χ1) is 15.7. The van der Waals surface area contributed by atoms with Crippen molar-refractivity contribution < 1.29 is 9.13 Å². The SMILES string of the molecule is Fc1cncc(-n2cnc(Nc3cc(C4CC4)cc(N4CCN(C5COC5)CC4)c3)n2)c1. The van der Waals surface area contributed by atoms with Gasteiger partial charge in [-0.2, -0.15) is 4.98 Å². The zero-order valence-corrected chi connectivity index (χ0v) is 17.8. The molecule has 1 N–H and O–H groups in total. The van der Waals surface area contributed by atoms with E-state index in [1.54, 1.807) is 12.5 Å². The number of piperazine rings is 1. The average Bonchev–Trinajstić information content (AvgIpc) is 3.52. The molecule has 0 unspecified atom stereocenters. The number of nitrogens with zero attached hydrogens (tertiary/aromatic N) is 6. The Morgan fingerprint density at radius 1 is 0.969 bits per heavy atom. The largest absolute Gasteiger partial charge is 0.378 e. The Morgan fingerprint density at radius 2 is 1.81 bits per heavy atom. The van der Waals surface area contributed by atoms with E-state index >= 15 is 0 Å². The van der Waals surface area contributed by atoms with Crippen LogP contribution in [0.15, 0.2) is 43.0 Å². The average molecular weight is 436 g/mol. The summed E-state index contributed by atoms with van der Waals surface area (Å²) in [6.45, 7) is 5.91. The van der Waals surface area contributed by atoms with Crippen molar-refractivity contribution in [2.75, 3.05) is 49.6 Å². The molecule has 3 fully saturated rings. The number of ether oxygens (including phenoxy) is 1. The fraction of sp³-hybridized carbons (Fsp3) is 0.435.